The van der Waals surface area contributed by atoms with Crippen molar-refractivity contribution in [3.05, 3.63) is 29.6 Å². The maximum absolute atomic E-state index is 11.6. The number of rotatable bonds is 3. The fourth-order valence-corrected chi connectivity index (χ4v) is 2.49. The minimum atomic E-state index is 0.168. The molecule has 1 N–H and O–H groups in total. The number of carbonyl (C=O) groups is 1. The van der Waals surface area contributed by atoms with Crippen molar-refractivity contribution in [2.75, 3.05) is 0 Å². The largest absolute Gasteiger partial charge is 0.353 e. The first-order valence-corrected chi connectivity index (χ1v) is 6.28. The third kappa shape index (κ3) is 2.84. The molecule has 2 heterocycles. The van der Waals surface area contributed by atoms with Gasteiger partial charge in [0.25, 0.3) is 0 Å². The van der Waals surface area contributed by atoms with E-state index in [0.717, 1.165) is 12.1 Å². The Bertz CT molecular complexity index is 397. The Morgan fingerprint density at radius 1 is 1.47 bits per heavy atom. The number of carbonyl (C=O) groups excluding carboxylic acids is 1. The maximum atomic E-state index is 11.6. The number of aryl methyl sites for hydroxylation is 1. The van der Waals surface area contributed by atoms with Crippen LogP contribution in [0.15, 0.2) is 18.3 Å². The standard InChI is InChI=1S/C14H20N2O/c1-9(2)6-13-12(7-14(17)16-13)11-5-4-10(3)15-8-11/h4-5,8-9,12-13H,6-7H2,1-3H3,(H,16,17). The molecule has 2 atom stereocenters. The van der Waals surface area contributed by atoms with Crippen LogP contribution in [-0.4, -0.2) is 16.9 Å². The quantitative estimate of drug-likeness (QED) is 0.869. The molecule has 92 valence electrons. The van der Waals surface area contributed by atoms with Crippen molar-refractivity contribution in [1.29, 1.82) is 0 Å². The Morgan fingerprint density at radius 3 is 2.82 bits per heavy atom. The average Bonchev–Trinajstić information content (AvgIpc) is 2.59. The van der Waals surface area contributed by atoms with Gasteiger partial charge >= 0.3 is 0 Å². The first kappa shape index (κ1) is 12.1. The normalized spacial score (nSPS) is 24.1. The van der Waals surface area contributed by atoms with Gasteiger partial charge in [0.1, 0.15) is 0 Å². The lowest BCUT2D eigenvalue weighted by atomic mass is 9.88. The van der Waals surface area contributed by atoms with E-state index < -0.39 is 0 Å². The SMILES string of the molecule is Cc1ccc(C2CC(=O)NC2CC(C)C)cn1. The molecule has 0 saturated carbocycles. The molecule has 1 amide bonds. The second kappa shape index (κ2) is 4.86. The summed E-state index contributed by atoms with van der Waals surface area (Å²) >= 11 is 0. The van der Waals surface area contributed by atoms with Crippen LogP contribution in [0.2, 0.25) is 0 Å². The topological polar surface area (TPSA) is 42.0 Å². The van der Waals surface area contributed by atoms with Crippen molar-refractivity contribution in [3.63, 3.8) is 0 Å². The number of amides is 1. The Labute approximate surface area is 103 Å². The van der Waals surface area contributed by atoms with E-state index in [1.54, 1.807) is 0 Å². The molecule has 1 saturated heterocycles. The van der Waals surface area contributed by atoms with E-state index in [0.29, 0.717) is 12.3 Å². The van der Waals surface area contributed by atoms with E-state index in [1.165, 1.54) is 5.56 Å². The molecule has 0 radical (unpaired) electrons. The van der Waals surface area contributed by atoms with Crippen molar-refractivity contribution in [3.8, 4) is 0 Å². The predicted octanol–water partition coefficient (Wildman–Crippen LogP) is 2.41. The van der Waals surface area contributed by atoms with Crippen LogP contribution in [0.5, 0.6) is 0 Å². The van der Waals surface area contributed by atoms with Gasteiger partial charge in [0.05, 0.1) is 0 Å². The Hall–Kier alpha value is -1.38. The third-order valence-electron chi connectivity index (χ3n) is 3.33. The molecule has 1 aromatic rings. The zero-order valence-corrected chi connectivity index (χ0v) is 10.7. The Kier molecular flexibility index (Phi) is 3.46. The molecule has 17 heavy (non-hydrogen) atoms. The van der Waals surface area contributed by atoms with Crippen LogP contribution in [-0.2, 0) is 4.79 Å². The second-order valence-corrected chi connectivity index (χ2v) is 5.35. The highest BCUT2D eigenvalue weighted by Gasteiger charge is 2.33. The molecule has 1 fully saturated rings. The molecule has 3 nitrogen and oxygen atoms in total. The molecule has 0 aromatic carbocycles. The van der Waals surface area contributed by atoms with Crippen molar-refractivity contribution < 1.29 is 4.79 Å². The number of hydrogen-bond acceptors (Lipinski definition) is 2. The van der Waals surface area contributed by atoms with E-state index >= 15 is 0 Å². The zero-order valence-electron chi connectivity index (χ0n) is 10.7. The summed E-state index contributed by atoms with van der Waals surface area (Å²) in [5.74, 6) is 1.05. The van der Waals surface area contributed by atoms with Gasteiger partial charge in [-0.15, -0.1) is 0 Å². The van der Waals surface area contributed by atoms with Gasteiger partial charge in [-0.3, -0.25) is 9.78 Å². The molecule has 1 aliphatic rings. The van der Waals surface area contributed by atoms with Gasteiger partial charge in [0, 0.05) is 30.3 Å². The molecular formula is C14H20N2O. The average molecular weight is 232 g/mol. The summed E-state index contributed by atoms with van der Waals surface area (Å²) < 4.78 is 0. The van der Waals surface area contributed by atoms with Crippen LogP contribution in [0.25, 0.3) is 0 Å². The highest BCUT2D eigenvalue weighted by atomic mass is 16.2. The summed E-state index contributed by atoms with van der Waals surface area (Å²) in [4.78, 5) is 15.9. The van der Waals surface area contributed by atoms with Crippen LogP contribution in [0, 0.1) is 12.8 Å². The van der Waals surface area contributed by atoms with Crippen LogP contribution < -0.4 is 5.32 Å². The first-order chi connectivity index (χ1) is 8.06. The van der Waals surface area contributed by atoms with Crippen LogP contribution in [0.3, 0.4) is 0 Å². The van der Waals surface area contributed by atoms with Crippen molar-refractivity contribution >= 4 is 5.91 Å². The van der Waals surface area contributed by atoms with E-state index in [2.05, 4.69) is 30.2 Å². The highest BCUT2D eigenvalue weighted by Crippen LogP contribution is 2.31. The van der Waals surface area contributed by atoms with Crippen molar-refractivity contribution in [2.24, 2.45) is 5.92 Å². The van der Waals surface area contributed by atoms with Gasteiger partial charge in [-0.05, 0) is 30.9 Å². The van der Waals surface area contributed by atoms with E-state index in [1.807, 2.05) is 19.2 Å². The summed E-state index contributed by atoms with van der Waals surface area (Å²) in [5, 5.41) is 3.08. The molecular weight excluding hydrogens is 212 g/mol. The van der Waals surface area contributed by atoms with Gasteiger partial charge in [-0.1, -0.05) is 19.9 Å². The number of hydrogen-bond donors (Lipinski definition) is 1. The molecule has 2 rings (SSSR count). The maximum Gasteiger partial charge on any atom is 0.220 e. The Balaban J connectivity index is 2.17. The van der Waals surface area contributed by atoms with Gasteiger partial charge < -0.3 is 5.32 Å². The fraction of sp³-hybridized carbons (Fsp3) is 0.571. The summed E-state index contributed by atoms with van der Waals surface area (Å²) in [7, 11) is 0. The van der Waals surface area contributed by atoms with E-state index in [-0.39, 0.29) is 17.9 Å². The third-order valence-corrected chi connectivity index (χ3v) is 3.33. The molecule has 3 heteroatoms. The predicted molar refractivity (Wildman–Crippen MR) is 67.7 cm³/mol. The summed E-state index contributed by atoms with van der Waals surface area (Å²) in [6.45, 7) is 6.36. The monoisotopic (exact) mass is 232 g/mol. The fourth-order valence-electron chi connectivity index (χ4n) is 2.49. The molecule has 1 aliphatic heterocycles. The molecule has 0 aliphatic carbocycles. The minimum Gasteiger partial charge on any atom is -0.353 e. The number of aromatic nitrogens is 1. The van der Waals surface area contributed by atoms with Crippen LogP contribution in [0.4, 0.5) is 0 Å². The van der Waals surface area contributed by atoms with Gasteiger partial charge in [0.2, 0.25) is 5.91 Å². The van der Waals surface area contributed by atoms with Gasteiger partial charge in [-0.2, -0.15) is 0 Å². The lowest BCUT2D eigenvalue weighted by Gasteiger charge is -2.20. The van der Waals surface area contributed by atoms with Gasteiger partial charge in [0.15, 0.2) is 0 Å². The summed E-state index contributed by atoms with van der Waals surface area (Å²) in [6.07, 6.45) is 3.54. The number of nitrogens with one attached hydrogen (secondary N) is 1. The molecule has 0 bridgehead atoms. The van der Waals surface area contributed by atoms with Crippen LogP contribution >= 0.6 is 0 Å². The van der Waals surface area contributed by atoms with E-state index in [4.69, 9.17) is 0 Å². The smallest absolute Gasteiger partial charge is 0.220 e. The molecule has 0 spiro atoms. The molecule has 1 aromatic heterocycles. The van der Waals surface area contributed by atoms with Crippen molar-refractivity contribution in [2.45, 2.75) is 45.6 Å². The lowest BCUT2D eigenvalue weighted by molar-refractivity contribution is -0.119. The summed E-state index contributed by atoms with van der Waals surface area (Å²) in [5.41, 5.74) is 2.20. The lowest BCUT2D eigenvalue weighted by Crippen LogP contribution is -2.29. The number of pyridine rings is 1. The minimum absolute atomic E-state index is 0.168. The zero-order chi connectivity index (χ0) is 12.4. The summed E-state index contributed by atoms with van der Waals surface area (Å²) in [6, 6.07) is 4.39. The Morgan fingerprint density at radius 2 is 2.24 bits per heavy atom. The highest BCUT2D eigenvalue weighted by molar-refractivity contribution is 5.80. The van der Waals surface area contributed by atoms with Gasteiger partial charge in [-0.25, -0.2) is 0 Å². The number of nitrogens with zero attached hydrogens (tertiary/aromatic N) is 1. The second-order valence-electron chi connectivity index (χ2n) is 5.35. The molecule has 2 unspecified atom stereocenters. The van der Waals surface area contributed by atoms with E-state index in [9.17, 15) is 4.79 Å². The first-order valence-electron chi connectivity index (χ1n) is 6.28. The van der Waals surface area contributed by atoms with Crippen LogP contribution in [0.1, 0.15) is 43.9 Å². The van der Waals surface area contributed by atoms with Crippen molar-refractivity contribution in [1.82, 2.24) is 10.3 Å².